The normalized spacial score (nSPS) is 19.1. The maximum Gasteiger partial charge on any atom is 0.251 e. The van der Waals surface area contributed by atoms with Gasteiger partial charge in [0.15, 0.2) is 5.06 Å². The number of nitrogens with one attached hydrogen (secondary N) is 1. The summed E-state index contributed by atoms with van der Waals surface area (Å²) in [6.07, 6.45) is 0.789. The summed E-state index contributed by atoms with van der Waals surface area (Å²) in [4.78, 5) is 36.2. The number of imide groups is 1. The lowest BCUT2D eigenvalue weighted by Crippen LogP contribution is -2.53. The number of carbonyl (C=O) groups excluding carboxylic acids is 3. The summed E-state index contributed by atoms with van der Waals surface area (Å²) in [6, 6.07) is 1.20. The number of likely N-dealkylation sites (N-methyl/N-ethyl adjacent to an activating group) is 1. The van der Waals surface area contributed by atoms with Gasteiger partial charge < -0.3 is 10.1 Å². The van der Waals surface area contributed by atoms with E-state index in [1.54, 1.807) is 7.11 Å². The first kappa shape index (κ1) is 14.5. The van der Waals surface area contributed by atoms with Crippen LogP contribution in [0.3, 0.4) is 0 Å². The molecule has 1 atom stereocenters. The second-order valence-corrected chi connectivity index (χ2v) is 5.44. The first-order valence-electron chi connectivity index (χ1n) is 6.23. The Bertz CT molecular complexity index is 540. The molecule has 1 aromatic rings. The number of rotatable bonds is 4. The van der Waals surface area contributed by atoms with Crippen LogP contribution in [-0.2, 0) is 20.8 Å². The molecular weight excluding hydrogens is 280 g/mol. The lowest BCUT2D eigenvalue weighted by molar-refractivity contribution is -0.149. The molecule has 7 heteroatoms. The third-order valence-corrected chi connectivity index (χ3v) is 4.14. The van der Waals surface area contributed by atoms with Gasteiger partial charge in [-0.2, -0.15) is 0 Å². The van der Waals surface area contributed by atoms with E-state index >= 15 is 0 Å². The van der Waals surface area contributed by atoms with E-state index in [1.165, 1.54) is 18.4 Å². The first-order chi connectivity index (χ1) is 9.52. The molecule has 0 bridgehead atoms. The molecule has 1 aromatic heterocycles. The van der Waals surface area contributed by atoms with Crippen LogP contribution < -0.4 is 10.1 Å². The van der Waals surface area contributed by atoms with Gasteiger partial charge in [0.1, 0.15) is 6.04 Å². The Kier molecular flexibility index (Phi) is 4.39. The van der Waals surface area contributed by atoms with Crippen LogP contribution in [0.2, 0.25) is 0 Å². The van der Waals surface area contributed by atoms with Crippen LogP contribution in [0.15, 0.2) is 11.4 Å². The molecule has 1 unspecified atom stereocenters. The Morgan fingerprint density at radius 3 is 3.00 bits per heavy atom. The molecule has 0 aliphatic carbocycles. The van der Waals surface area contributed by atoms with Crippen molar-refractivity contribution in [3.8, 4) is 5.06 Å². The highest BCUT2D eigenvalue weighted by atomic mass is 32.1. The number of carbonyl (C=O) groups is 3. The summed E-state index contributed by atoms with van der Waals surface area (Å²) in [5, 5.41) is 5.22. The first-order valence-corrected chi connectivity index (χ1v) is 7.11. The molecule has 0 saturated carbocycles. The quantitative estimate of drug-likeness (QED) is 0.824. The largest absolute Gasteiger partial charge is 0.487 e. The van der Waals surface area contributed by atoms with Crippen molar-refractivity contribution < 1.29 is 19.1 Å². The van der Waals surface area contributed by atoms with Crippen molar-refractivity contribution in [2.75, 3.05) is 14.2 Å². The van der Waals surface area contributed by atoms with Crippen molar-refractivity contribution in [2.45, 2.75) is 25.3 Å². The van der Waals surface area contributed by atoms with Crippen LogP contribution in [0, 0.1) is 0 Å². The maximum absolute atomic E-state index is 12.0. The van der Waals surface area contributed by atoms with Gasteiger partial charge in [-0.1, -0.05) is 0 Å². The SMILES string of the molecule is COc1sccc1CC(=O)NC1CCC(=O)N(C)C1=O. The fourth-order valence-corrected chi connectivity index (χ4v) is 2.84. The predicted octanol–water partition coefficient (Wildman–Crippen LogP) is 0.563. The minimum Gasteiger partial charge on any atom is -0.487 e. The van der Waals surface area contributed by atoms with E-state index in [4.69, 9.17) is 4.74 Å². The molecule has 1 fully saturated rings. The van der Waals surface area contributed by atoms with Gasteiger partial charge in [0.2, 0.25) is 11.8 Å². The Morgan fingerprint density at radius 1 is 1.55 bits per heavy atom. The number of thiophene rings is 1. The number of methoxy groups -OCH3 is 1. The number of hydrogen-bond acceptors (Lipinski definition) is 5. The van der Waals surface area contributed by atoms with E-state index in [9.17, 15) is 14.4 Å². The zero-order valence-corrected chi connectivity index (χ0v) is 12.2. The maximum atomic E-state index is 12.0. The van der Waals surface area contributed by atoms with Crippen molar-refractivity contribution >= 4 is 29.1 Å². The molecule has 1 aliphatic rings. The van der Waals surface area contributed by atoms with Gasteiger partial charge in [-0.25, -0.2) is 0 Å². The van der Waals surface area contributed by atoms with Gasteiger partial charge in [-0.3, -0.25) is 19.3 Å². The average molecular weight is 296 g/mol. The Morgan fingerprint density at radius 2 is 2.30 bits per heavy atom. The second-order valence-electron chi connectivity index (χ2n) is 4.56. The van der Waals surface area contributed by atoms with Gasteiger partial charge in [0, 0.05) is 19.0 Å². The van der Waals surface area contributed by atoms with Crippen molar-refractivity contribution in [2.24, 2.45) is 0 Å². The smallest absolute Gasteiger partial charge is 0.251 e. The summed E-state index contributed by atoms with van der Waals surface area (Å²) in [6.45, 7) is 0. The van der Waals surface area contributed by atoms with Crippen LogP contribution in [-0.4, -0.2) is 42.8 Å². The van der Waals surface area contributed by atoms with Gasteiger partial charge >= 0.3 is 0 Å². The lowest BCUT2D eigenvalue weighted by atomic mass is 10.0. The van der Waals surface area contributed by atoms with Gasteiger partial charge in [-0.05, 0) is 17.9 Å². The van der Waals surface area contributed by atoms with E-state index in [0.717, 1.165) is 10.5 Å². The van der Waals surface area contributed by atoms with Crippen LogP contribution in [0.4, 0.5) is 0 Å². The molecule has 108 valence electrons. The van der Waals surface area contributed by atoms with Gasteiger partial charge in [0.05, 0.1) is 13.5 Å². The van der Waals surface area contributed by atoms with Gasteiger partial charge in [0.25, 0.3) is 5.91 Å². The fraction of sp³-hybridized carbons (Fsp3) is 0.462. The number of amides is 3. The molecule has 1 saturated heterocycles. The molecule has 1 N–H and O–H groups in total. The Hall–Kier alpha value is -1.89. The number of likely N-dealkylation sites (tertiary alicyclic amines) is 1. The van der Waals surface area contributed by atoms with Crippen molar-refractivity contribution in [3.05, 3.63) is 17.0 Å². The minimum atomic E-state index is -0.616. The number of piperidine rings is 1. The summed E-state index contributed by atoms with van der Waals surface area (Å²) in [7, 11) is 2.99. The summed E-state index contributed by atoms with van der Waals surface area (Å²) >= 11 is 1.42. The van der Waals surface area contributed by atoms with E-state index in [0.29, 0.717) is 11.5 Å². The van der Waals surface area contributed by atoms with Crippen molar-refractivity contribution in [1.82, 2.24) is 10.2 Å². The van der Waals surface area contributed by atoms with E-state index < -0.39 is 6.04 Å². The zero-order valence-electron chi connectivity index (χ0n) is 11.3. The van der Waals surface area contributed by atoms with E-state index in [2.05, 4.69) is 5.32 Å². The van der Waals surface area contributed by atoms with E-state index in [-0.39, 0.29) is 30.6 Å². The van der Waals surface area contributed by atoms with Crippen LogP contribution >= 0.6 is 11.3 Å². The molecule has 6 nitrogen and oxygen atoms in total. The summed E-state index contributed by atoms with van der Waals surface area (Å²) in [5.74, 6) is -0.810. The Balaban J connectivity index is 1.95. The highest BCUT2D eigenvalue weighted by Crippen LogP contribution is 2.25. The Labute approximate surface area is 120 Å². The predicted molar refractivity (Wildman–Crippen MR) is 73.5 cm³/mol. The van der Waals surface area contributed by atoms with E-state index in [1.807, 2.05) is 11.4 Å². The third kappa shape index (κ3) is 2.98. The molecule has 2 rings (SSSR count). The number of ether oxygens (including phenoxy) is 1. The molecule has 1 aliphatic heterocycles. The fourth-order valence-electron chi connectivity index (χ4n) is 2.10. The molecule has 0 aromatic carbocycles. The molecule has 0 radical (unpaired) electrons. The monoisotopic (exact) mass is 296 g/mol. The number of nitrogens with zero attached hydrogens (tertiary/aromatic N) is 1. The van der Waals surface area contributed by atoms with Crippen LogP contribution in [0.1, 0.15) is 18.4 Å². The molecule has 3 amide bonds. The third-order valence-electron chi connectivity index (χ3n) is 3.23. The molecule has 2 heterocycles. The molecular formula is C13H16N2O4S. The summed E-state index contributed by atoms with van der Waals surface area (Å²) in [5.41, 5.74) is 0.794. The highest BCUT2D eigenvalue weighted by Gasteiger charge is 2.32. The van der Waals surface area contributed by atoms with Crippen LogP contribution in [0.5, 0.6) is 5.06 Å². The lowest BCUT2D eigenvalue weighted by Gasteiger charge is -2.28. The summed E-state index contributed by atoms with van der Waals surface area (Å²) < 4.78 is 5.15. The molecule has 20 heavy (non-hydrogen) atoms. The highest BCUT2D eigenvalue weighted by molar-refractivity contribution is 7.12. The minimum absolute atomic E-state index is 0.161. The van der Waals surface area contributed by atoms with Crippen molar-refractivity contribution in [3.63, 3.8) is 0 Å². The van der Waals surface area contributed by atoms with Crippen LogP contribution in [0.25, 0.3) is 0 Å². The average Bonchev–Trinajstić information content (AvgIpc) is 2.86. The zero-order chi connectivity index (χ0) is 14.7. The standard InChI is InChI=1S/C13H16N2O4S/c1-15-11(17)4-3-9(12(15)18)14-10(16)7-8-5-6-20-13(8)19-2/h5-6,9H,3-4,7H2,1-2H3,(H,14,16). The topological polar surface area (TPSA) is 75.7 Å². The number of hydrogen-bond donors (Lipinski definition) is 1. The molecule has 0 spiro atoms. The van der Waals surface area contributed by atoms with Gasteiger partial charge in [-0.15, -0.1) is 11.3 Å². The second kappa shape index (κ2) is 6.04. The van der Waals surface area contributed by atoms with Crippen molar-refractivity contribution in [1.29, 1.82) is 0 Å².